The quantitative estimate of drug-likeness (QED) is 0.448. The monoisotopic (exact) mass is 471 g/mol. The molecule has 9 heteroatoms. The van der Waals surface area contributed by atoms with Crippen molar-refractivity contribution in [2.45, 2.75) is 6.92 Å². The molecule has 176 valence electrons. The molecule has 0 radical (unpaired) electrons. The molecule has 4 rings (SSSR count). The lowest BCUT2D eigenvalue weighted by Gasteiger charge is -2.29. The number of amides is 1. The maximum atomic E-state index is 13.3. The van der Waals surface area contributed by atoms with E-state index in [-0.39, 0.29) is 12.5 Å². The molecule has 0 unspecified atom stereocenters. The van der Waals surface area contributed by atoms with Gasteiger partial charge in [-0.2, -0.15) is 0 Å². The van der Waals surface area contributed by atoms with E-state index in [0.717, 1.165) is 35.6 Å². The van der Waals surface area contributed by atoms with Crippen LogP contribution in [-0.2, 0) is 9.53 Å². The predicted molar refractivity (Wildman–Crippen MR) is 129 cm³/mol. The maximum Gasteiger partial charge on any atom is 0.266 e. The number of ether oxygens (including phenoxy) is 4. The lowest BCUT2D eigenvalue weighted by atomic mass is 10.3. The molecule has 0 N–H and O–H groups in total. The number of hydrogen-bond donors (Lipinski definition) is 0. The van der Waals surface area contributed by atoms with Crippen LogP contribution < -0.4 is 19.1 Å². The van der Waals surface area contributed by atoms with E-state index in [0.29, 0.717) is 43.0 Å². The summed E-state index contributed by atoms with van der Waals surface area (Å²) in [6.07, 6.45) is 0. The van der Waals surface area contributed by atoms with Gasteiger partial charge in [0.25, 0.3) is 5.91 Å². The van der Waals surface area contributed by atoms with Gasteiger partial charge < -0.3 is 18.9 Å². The largest absolute Gasteiger partial charge is 0.494 e. The Hall–Kier alpha value is -2.88. The van der Waals surface area contributed by atoms with Crippen LogP contribution in [0.2, 0.25) is 0 Å². The number of fused-ring (bicyclic) bond motifs is 1. The van der Waals surface area contributed by atoms with E-state index in [1.165, 1.54) is 11.3 Å². The molecule has 1 aliphatic rings. The van der Waals surface area contributed by atoms with Crippen molar-refractivity contribution in [3.8, 4) is 17.2 Å². The molecule has 1 aliphatic heterocycles. The van der Waals surface area contributed by atoms with Crippen LogP contribution in [0, 0.1) is 0 Å². The number of aromatic nitrogens is 1. The molecular formula is C24H29N3O5S. The molecule has 1 saturated heterocycles. The van der Waals surface area contributed by atoms with Gasteiger partial charge in [0.05, 0.1) is 37.1 Å². The Bertz CT molecular complexity index is 1070. The highest BCUT2D eigenvalue weighted by atomic mass is 32.1. The molecule has 0 aliphatic carbocycles. The fourth-order valence-electron chi connectivity index (χ4n) is 3.61. The molecule has 0 saturated carbocycles. The Morgan fingerprint density at radius 2 is 1.94 bits per heavy atom. The number of nitrogens with zero attached hydrogens (tertiary/aromatic N) is 3. The van der Waals surface area contributed by atoms with Gasteiger partial charge in [-0.05, 0) is 37.3 Å². The van der Waals surface area contributed by atoms with E-state index in [4.69, 9.17) is 23.9 Å². The lowest BCUT2D eigenvalue weighted by molar-refractivity contribution is -0.120. The number of morpholine rings is 1. The Morgan fingerprint density at radius 3 is 2.70 bits per heavy atom. The Kier molecular flexibility index (Phi) is 7.98. The fourth-order valence-corrected chi connectivity index (χ4v) is 4.65. The number of thiazole rings is 1. The van der Waals surface area contributed by atoms with Gasteiger partial charge in [-0.25, -0.2) is 4.98 Å². The van der Waals surface area contributed by atoms with Gasteiger partial charge in [-0.3, -0.25) is 14.6 Å². The van der Waals surface area contributed by atoms with Gasteiger partial charge in [0, 0.05) is 26.2 Å². The van der Waals surface area contributed by atoms with Crippen molar-refractivity contribution in [2.75, 3.05) is 64.6 Å². The minimum absolute atomic E-state index is 0.108. The van der Waals surface area contributed by atoms with Gasteiger partial charge in [0.2, 0.25) is 0 Å². The summed E-state index contributed by atoms with van der Waals surface area (Å²) >= 11 is 1.48. The molecule has 3 aromatic rings. The van der Waals surface area contributed by atoms with Crippen molar-refractivity contribution < 1.29 is 23.7 Å². The second-order valence-corrected chi connectivity index (χ2v) is 8.51. The summed E-state index contributed by atoms with van der Waals surface area (Å²) in [5, 5.41) is 0.653. The number of carbonyl (C=O) groups excluding carboxylic acids is 1. The summed E-state index contributed by atoms with van der Waals surface area (Å²) in [7, 11) is 1.58. The maximum absolute atomic E-state index is 13.3. The Balaban J connectivity index is 1.53. The average Bonchev–Trinajstić information content (AvgIpc) is 3.27. The van der Waals surface area contributed by atoms with Crippen molar-refractivity contribution in [1.29, 1.82) is 0 Å². The van der Waals surface area contributed by atoms with Crippen molar-refractivity contribution in [3.63, 3.8) is 0 Å². The third-order valence-corrected chi connectivity index (χ3v) is 6.40. The Morgan fingerprint density at radius 1 is 1.15 bits per heavy atom. The molecule has 1 aromatic heterocycles. The number of hydrogen-bond acceptors (Lipinski definition) is 8. The number of methoxy groups -OCH3 is 1. The molecular weight excluding hydrogens is 442 g/mol. The third-order valence-electron chi connectivity index (χ3n) is 5.36. The van der Waals surface area contributed by atoms with E-state index < -0.39 is 0 Å². The molecule has 1 amide bonds. The molecule has 0 atom stereocenters. The summed E-state index contributed by atoms with van der Waals surface area (Å²) in [5.41, 5.74) is 0.841. The van der Waals surface area contributed by atoms with Gasteiger partial charge in [-0.1, -0.05) is 23.5 Å². The van der Waals surface area contributed by atoms with Crippen molar-refractivity contribution in [1.82, 2.24) is 9.88 Å². The smallest absolute Gasteiger partial charge is 0.266 e. The minimum atomic E-state index is -0.154. The second kappa shape index (κ2) is 11.3. The van der Waals surface area contributed by atoms with Gasteiger partial charge in [0.15, 0.2) is 23.2 Å². The minimum Gasteiger partial charge on any atom is -0.494 e. The number of anilines is 1. The van der Waals surface area contributed by atoms with E-state index >= 15 is 0 Å². The highest BCUT2D eigenvalue weighted by Crippen LogP contribution is 2.32. The zero-order valence-electron chi connectivity index (χ0n) is 19.0. The van der Waals surface area contributed by atoms with E-state index in [1.54, 1.807) is 24.1 Å². The van der Waals surface area contributed by atoms with Gasteiger partial charge in [-0.15, -0.1) is 0 Å². The summed E-state index contributed by atoms with van der Waals surface area (Å²) in [5.74, 6) is 1.77. The number of para-hydroxylation sites is 2. The molecule has 8 nitrogen and oxygen atoms in total. The van der Waals surface area contributed by atoms with Crippen LogP contribution in [0.25, 0.3) is 10.2 Å². The highest BCUT2D eigenvalue weighted by molar-refractivity contribution is 7.22. The first-order chi connectivity index (χ1) is 16.2. The number of rotatable bonds is 10. The van der Waals surface area contributed by atoms with Crippen molar-refractivity contribution in [2.24, 2.45) is 0 Å². The second-order valence-electron chi connectivity index (χ2n) is 7.50. The highest BCUT2D eigenvalue weighted by Gasteiger charge is 2.22. The summed E-state index contributed by atoms with van der Waals surface area (Å²) < 4.78 is 23.2. The van der Waals surface area contributed by atoms with E-state index in [2.05, 4.69) is 4.90 Å². The zero-order chi connectivity index (χ0) is 23.0. The van der Waals surface area contributed by atoms with Crippen LogP contribution in [0.1, 0.15) is 6.92 Å². The molecule has 1 fully saturated rings. The zero-order valence-corrected chi connectivity index (χ0v) is 19.8. The SMILES string of the molecule is CCOc1ccc2nc(N(CCN3CCOCC3)C(=O)COc3ccccc3OC)sc2c1. The lowest BCUT2D eigenvalue weighted by Crippen LogP contribution is -2.44. The first kappa shape index (κ1) is 23.3. The number of carbonyl (C=O) groups is 1. The van der Waals surface area contributed by atoms with Gasteiger partial charge >= 0.3 is 0 Å². The standard InChI is InChI=1S/C24H29N3O5S/c1-3-31-18-8-9-19-22(16-18)33-24(25-19)27(11-10-26-12-14-30-15-13-26)23(28)17-32-21-7-5-4-6-20(21)29-2/h4-9,16H,3,10-15,17H2,1-2H3. The summed E-state index contributed by atoms with van der Waals surface area (Å²) in [6.45, 7) is 6.85. The van der Waals surface area contributed by atoms with Crippen LogP contribution in [0.3, 0.4) is 0 Å². The third kappa shape index (κ3) is 5.93. The molecule has 0 bridgehead atoms. The fraction of sp³-hybridized carbons (Fsp3) is 0.417. The summed E-state index contributed by atoms with van der Waals surface area (Å²) in [4.78, 5) is 22.0. The van der Waals surface area contributed by atoms with Crippen LogP contribution in [0.15, 0.2) is 42.5 Å². The topological polar surface area (TPSA) is 73.4 Å². The van der Waals surface area contributed by atoms with Gasteiger partial charge in [0.1, 0.15) is 5.75 Å². The van der Waals surface area contributed by atoms with Crippen molar-refractivity contribution >= 4 is 32.6 Å². The molecule has 0 spiro atoms. The van der Waals surface area contributed by atoms with Crippen LogP contribution >= 0.6 is 11.3 Å². The molecule has 33 heavy (non-hydrogen) atoms. The van der Waals surface area contributed by atoms with E-state index in [1.807, 2.05) is 37.3 Å². The van der Waals surface area contributed by atoms with Crippen molar-refractivity contribution in [3.05, 3.63) is 42.5 Å². The van der Waals surface area contributed by atoms with Crippen LogP contribution in [0.4, 0.5) is 5.13 Å². The normalized spacial score (nSPS) is 14.2. The first-order valence-corrected chi connectivity index (χ1v) is 11.9. The molecule has 2 aromatic carbocycles. The molecule has 2 heterocycles. The average molecular weight is 472 g/mol. The predicted octanol–water partition coefficient (Wildman–Crippen LogP) is 3.45. The summed E-state index contributed by atoms with van der Waals surface area (Å²) in [6, 6.07) is 13.1. The first-order valence-electron chi connectivity index (χ1n) is 11.1. The van der Waals surface area contributed by atoms with Crippen LogP contribution in [-0.4, -0.2) is 75.5 Å². The van der Waals surface area contributed by atoms with E-state index in [9.17, 15) is 4.79 Å². The number of benzene rings is 2. The van der Waals surface area contributed by atoms with Crippen LogP contribution in [0.5, 0.6) is 17.2 Å². The Labute approximate surface area is 197 Å².